The van der Waals surface area contributed by atoms with Gasteiger partial charge in [0.05, 0.1) is 5.49 Å². The van der Waals surface area contributed by atoms with E-state index in [9.17, 15) is 0 Å². The number of hydrogen-bond acceptors (Lipinski definition) is 2. The van der Waals surface area contributed by atoms with E-state index in [2.05, 4.69) is 23.1 Å². The molecule has 0 aliphatic rings. The van der Waals surface area contributed by atoms with Gasteiger partial charge in [-0.3, -0.25) is 0 Å². The van der Waals surface area contributed by atoms with Gasteiger partial charge in [0.2, 0.25) is 0 Å². The van der Waals surface area contributed by atoms with E-state index in [1.165, 1.54) is 5.49 Å². The average molecular weight is 118 g/mol. The van der Waals surface area contributed by atoms with Crippen LogP contribution in [-0.2, 0) is 0 Å². The van der Waals surface area contributed by atoms with Crippen LogP contribution in [0.25, 0.3) is 0 Å². The molecule has 2 N–H and O–H groups in total. The smallest absolute Gasteiger partial charge is 0.0757 e. The molecule has 0 aliphatic heterocycles. The second kappa shape index (κ2) is 4.02. The summed E-state index contributed by atoms with van der Waals surface area (Å²) in [5.41, 5.74) is 7.02. The van der Waals surface area contributed by atoms with Gasteiger partial charge in [-0.1, -0.05) is 12.2 Å². The molecule has 0 heterocycles. The van der Waals surface area contributed by atoms with Crippen LogP contribution in [0.2, 0.25) is 0 Å². The Bertz CT molecular complexity index is 53.7. The van der Waals surface area contributed by atoms with Crippen molar-refractivity contribution < 1.29 is 0 Å². The third-order valence-corrected chi connectivity index (χ3v) is 0.549. The third-order valence-electron chi connectivity index (χ3n) is 0.431. The SMILES string of the molecule is CC(C)NNC=S. The molecular formula is C4H10N2S. The molecule has 0 rings (SSSR count). The van der Waals surface area contributed by atoms with Crippen molar-refractivity contribution in [1.82, 2.24) is 10.9 Å². The molecule has 0 aromatic rings. The van der Waals surface area contributed by atoms with Gasteiger partial charge in [-0.25, -0.2) is 5.43 Å². The van der Waals surface area contributed by atoms with E-state index in [0.29, 0.717) is 6.04 Å². The minimum atomic E-state index is 0.444. The summed E-state index contributed by atoms with van der Waals surface area (Å²) >= 11 is 4.47. The zero-order valence-electron chi connectivity index (χ0n) is 4.56. The standard InChI is InChI=1S/C4H10N2S/c1-4(2)6-5-3-7/h3-4,6H,1-2H3,(H,5,7). The lowest BCUT2D eigenvalue weighted by Gasteiger charge is -2.03. The van der Waals surface area contributed by atoms with Crippen molar-refractivity contribution >= 4 is 17.7 Å². The molecule has 42 valence electrons. The average Bonchev–Trinajstić information content (AvgIpc) is 1.61. The Hall–Kier alpha value is -0.150. The van der Waals surface area contributed by atoms with Crippen LogP contribution in [0.15, 0.2) is 0 Å². The molecule has 0 saturated heterocycles. The Balaban J connectivity index is 2.81. The fourth-order valence-electron chi connectivity index (χ4n) is 0.201. The molecular weight excluding hydrogens is 108 g/mol. The lowest BCUT2D eigenvalue weighted by molar-refractivity contribution is 0.566. The summed E-state index contributed by atoms with van der Waals surface area (Å²) < 4.78 is 0. The van der Waals surface area contributed by atoms with Crippen LogP contribution >= 0.6 is 12.2 Å². The van der Waals surface area contributed by atoms with Crippen LogP contribution < -0.4 is 10.9 Å². The highest BCUT2D eigenvalue weighted by Crippen LogP contribution is 1.67. The summed E-state index contributed by atoms with van der Waals surface area (Å²) in [6.07, 6.45) is 0. The van der Waals surface area contributed by atoms with Crippen molar-refractivity contribution in [3.8, 4) is 0 Å². The highest BCUT2D eigenvalue weighted by atomic mass is 32.1. The Labute approximate surface area is 49.3 Å². The van der Waals surface area contributed by atoms with E-state index < -0.39 is 0 Å². The van der Waals surface area contributed by atoms with Gasteiger partial charge in [0.25, 0.3) is 0 Å². The molecule has 0 bridgehead atoms. The maximum Gasteiger partial charge on any atom is 0.0757 e. The minimum absolute atomic E-state index is 0.444. The molecule has 0 saturated carbocycles. The molecule has 0 radical (unpaired) electrons. The number of rotatable bonds is 3. The van der Waals surface area contributed by atoms with Gasteiger partial charge in [-0.05, 0) is 13.8 Å². The van der Waals surface area contributed by atoms with E-state index in [0.717, 1.165) is 0 Å². The predicted octanol–water partition coefficient (Wildman–Crippen LogP) is 0.446. The van der Waals surface area contributed by atoms with Gasteiger partial charge < -0.3 is 5.43 Å². The fraction of sp³-hybridized carbons (Fsp3) is 0.750. The van der Waals surface area contributed by atoms with Crippen molar-refractivity contribution in [2.75, 3.05) is 0 Å². The van der Waals surface area contributed by atoms with Gasteiger partial charge in [0, 0.05) is 6.04 Å². The lowest BCUT2D eigenvalue weighted by atomic mass is 10.4. The molecule has 2 nitrogen and oxygen atoms in total. The Morgan fingerprint density at radius 1 is 1.57 bits per heavy atom. The van der Waals surface area contributed by atoms with Crippen LogP contribution in [0.3, 0.4) is 0 Å². The fourth-order valence-corrected chi connectivity index (χ4v) is 0.269. The molecule has 0 atom stereocenters. The normalized spacial score (nSPS) is 9.00. The van der Waals surface area contributed by atoms with Crippen LogP contribution in [0.1, 0.15) is 13.8 Å². The van der Waals surface area contributed by atoms with Gasteiger partial charge in [-0.2, -0.15) is 0 Å². The van der Waals surface area contributed by atoms with E-state index in [1.807, 2.05) is 13.8 Å². The Kier molecular flexibility index (Phi) is 3.93. The van der Waals surface area contributed by atoms with E-state index >= 15 is 0 Å². The van der Waals surface area contributed by atoms with Crippen molar-refractivity contribution in [3.05, 3.63) is 0 Å². The summed E-state index contributed by atoms with van der Waals surface area (Å²) in [7, 11) is 0. The van der Waals surface area contributed by atoms with E-state index in [4.69, 9.17) is 0 Å². The van der Waals surface area contributed by atoms with Crippen molar-refractivity contribution in [3.63, 3.8) is 0 Å². The van der Waals surface area contributed by atoms with Crippen molar-refractivity contribution in [1.29, 1.82) is 0 Å². The molecule has 0 fully saturated rings. The van der Waals surface area contributed by atoms with Gasteiger partial charge in [0.1, 0.15) is 0 Å². The first-order chi connectivity index (χ1) is 3.27. The highest BCUT2D eigenvalue weighted by Gasteiger charge is 1.82. The van der Waals surface area contributed by atoms with Gasteiger partial charge >= 0.3 is 0 Å². The number of thiocarbonyl (C=S) groups is 1. The molecule has 0 unspecified atom stereocenters. The summed E-state index contributed by atoms with van der Waals surface area (Å²) in [4.78, 5) is 0. The minimum Gasteiger partial charge on any atom is -0.318 e. The summed E-state index contributed by atoms with van der Waals surface area (Å²) in [5.74, 6) is 0. The first-order valence-corrected chi connectivity index (χ1v) is 2.69. The Morgan fingerprint density at radius 3 is 2.29 bits per heavy atom. The molecule has 7 heavy (non-hydrogen) atoms. The zero-order chi connectivity index (χ0) is 5.70. The molecule has 0 aromatic carbocycles. The largest absolute Gasteiger partial charge is 0.318 e. The van der Waals surface area contributed by atoms with E-state index in [1.54, 1.807) is 0 Å². The molecule has 0 amide bonds. The van der Waals surface area contributed by atoms with Crippen LogP contribution in [0.4, 0.5) is 0 Å². The quantitative estimate of drug-likeness (QED) is 0.415. The second-order valence-corrected chi connectivity index (χ2v) is 1.80. The van der Waals surface area contributed by atoms with Gasteiger partial charge in [0.15, 0.2) is 0 Å². The zero-order valence-corrected chi connectivity index (χ0v) is 5.38. The number of nitrogens with one attached hydrogen (secondary N) is 2. The highest BCUT2D eigenvalue weighted by molar-refractivity contribution is 7.78. The number of hydrazine groups is 1. The third kappa shape index (κ3) is 5.85. The Morgan fingerprint density at radius 2 is 2.14 bits per heavy atom. The summed E-state index contributed by atoms with van der Waals surface area (Å²) in [5, 5.41) is 0. The topological polar surface area (TPSA) is 24.1 Å². The number of hydrogen-bond donors (Lipinski definition) is 2. The monoisotopic (exact) mass is 118 g/mol. The second-order valence-electron chi connectivity index (χ2n) is 1.56. The maximum atomic E-state index is 4.47. The van der Waals surface area contributed by atoms with Crippen LogP contribution in [-0.4, -0.2) is 11.5 Å². The molecule has 0 spiro atoms. The van der Waals surface area contributed by atoms with Gasteiger partial charge in [-0.15, -0.1) is 0 Å². The molecule has 0 aromatic heterocycles. The first-order valence-electron chi connectivity index (χ1n) is 2.22. The van der Waals surface area contributed by atoms with Crippen molar-refractivity contribution in [2.24, 2.45) is 0 Å². The molecule has 0 aliphatic carbocycles. The maximum absolute atomic E-state index is 4.47. The predicted molar refractivity (Wildman–Crippen MR) is 35.1 cm³/mol. The first kappa shape index (κ1) is 6.85. The lowest BCUT2D eigenvalue weighted by Crippen LogP contribution is -2.35. The van der Waals surface area contributed by atoms with E-state index in [-0.39, 0.29) is 0 Å². The summed E-state index contributed by atoms with van der Waals surface area (Å²) in [6.45, 7) is 4.07. The molecule has 3 heteroatoms. The van der Waals surface area contributed by atoms with Crippen LogP contribution in [0.5, 0.6) is 0 Å². The summed E-state index contributed by atoms with van der Waals surface area (Å²) in [6, 6.07) is 0.444. The van der Waals surface area contributed by atoms with Crippen molar-refractivity contribution in [2.45, 2.75) is 19.9 Å². The van der Waals surface area contributed by atoms with Crippen LogP contribution in [0, 0.1) is 0 Å².